The quantitative estimate of drug-likeness (QED) is 0.155. The van der Waals surface area contributed by atoms with Crippen LogP contribution in [0, 0.1) is 0 Å². The average Bonchev–Trinajstić information content (AvgIpc) is 2.81. The lowest BCUT2D eigenvalue weighted by molar-refractivity contribution is -0.120. The summed E-state index contributed by atoms with van der Waals surface area (Å²) in [5, 5.41) is 5.33. The van der Waals surface area contributed by atoms with Crippen molar-refractivity contribution in [3.8, 4) is 11.5 Å². The second kappa shape index (κ2) is 12.7. The van der Waals surface area contributed by atoms with E-state index in [1.54, 1.807) is 37.4 Å². The van der Waals surface area contributed by atoms with E-state index in [1.807, 2.05) is 31.2 Å². The fourth-order valence-electron chi connectivity index (χ4n) is 2.77. The summed E-state index contributed by atoms with van der Waals surface area (Å²) < 4.78 is 12.1. The van der Waals surface area contributed by atoms with E-state index in [0.29, 0.717) is 36.6 Å². The molecule has 34 heavy (non-hydrogen) atoms. The zero-order valence-electron chi connectivity index (χ0n) is 18.2. The van der Waals surface area contributed by atoms with Gasteiger partial charge in [-0.2, -0.15) is 5.10 Å². The second-order valence-corrected chi connectivity index (χ2v) is 10.5. The average molecular weight is 603 g/mol. The fraction of sp³-hybridized carbons (Fsp3) is 0.167. The van der Waals surface area contributed by atoms with E-state index in [0.717, 1.165) is 10.5 Å². The molecule has 0 radical (unpaired) electrons. The molecule has 1 amide bonds. The van der Waals surface area contributed by atoms with Gasteiger partial charge in [-0.1, -0.05) is 40.9 Å². The molecule has 0 bridgehead atoms. The summed E-state index contributed by atoms with van der Waals surface area (Å²) in [4.78, 5) is 13.3. The Morgan fingerprint density at radius 1 is 1.12 bits per heavy atom. The van der Waals surface area contributed by atoms with E-state index < -0.39 is 0 Å². The van der Waals surface area contributed by atoms with Crippen molar-refractivity contribution in [1.82, 2.24) is 5.43 Å². The van der Waals surface area contributed by atoms with E-state index in [4.69, 9.17) is 44.3 Å². The lowest BCUT2D eigenvalue weighted by Crippen LogP contribution is -2.26. The van der Waals surface area contributed by atoms with Gasteiger partial charge in [0, 0.05) is 9.92 Å². The van der Waals surface area contributed by atoms with Gasteiger partial charge in [0.1, 0.15) is 6.61 Å². The van der Waals surface area contributed by atoms with Crippen molar-refractivity contribution in [1.29, 1.82) is 0 Å². The molecular formula is C24H20BrCl3N2O3S. The Labute approximate surface area is 225 Å². The van der Waals surface area contributed by atoms with Gasteiger partial charge in [-0.15, -0.1) is 11.8 Å². The molecule has 10 heteroatoms. The molecule has 0 aliphatic rings. The minimum Gasteiger partial charge on any atom is -0.493 e. The van der Waals surface area contributed by atoms with Crippen LogP contribution >= 0.6 is 62.5 Å². The van der Waals surface area contributed by atoms with Gasteiger partial charge in [-0.3, -0.25) is 4.79 Å². The van der Waals surface area contributed by atoms with Crippen molar-refractivity contribution in [2.75, 3.05) is 7.11 Å². The molecule has 178 valence electrons. The first kappa shape index (κ1) is 26.7. The van der Waals surface area contributed by atoms with E-state index in [-0.39, 0.29) is 17.8 Å². The van der Waals surface area contributed by atoms with Crippen molar-refractivity contribution in [3.05, 3.63) is 85.3 Å². The molecule has 3 rings (SSSR count). The third-order valence-corrected chi connectivity index (χ3v) is 7.20. The number of carbonyl (C=O) groups excluding carboxylic acids is 1. The van der Waals surface area contributed by atoms with Crippen molar-refractivity contribution in [3.63, 3.8) is 0 Å². The topological polar surface area (TPSA) is 59.9 Å². The summed E-state index contributed by atoms with van der Waals surface area (Å²) in [5.74, 6) is 0.820. The van der Waals surface area contributed by atoms with Crippen molar-refractivity contribution in [2.24, 2.45) is 5.10 Å². The third kappa shape index (κ3) is 7.55. The van der Waals surface area contributed by atoms with Gasteiger partial charge in [-0.05, 0) is 82.5 Å². The summed E-state index contributed by atoms with van der Waals surface area (Å²) in [6, 6.07) is 16.2. The molecule has 0 aliphatic heterocycles. The molecule has 0 heterocycles. The van der Waals surface area contributed by atoms with Crippen LogP contribution in [-0.4, -0.2) is 24.5 Å². The Morgan fingerprint density at radius 3 is 2.53 bits per heavy atom. The molecule has 1 N–H and O–H groups in total. The maximum absolute atomic E-state index is 12.4. The molecule has 0 saturated heterocycles. The van der Waals surface area contributed by atoms with Gasteiger partial charge in [0.05, 0.1) is 33.1 Å². The predicted molar refractivity (Wildman–Crippen MR) is 144 cm³/mol. The number of amides is 1. The monoisotopic (exact) mass is 600 g/mol. The van der Waals surface area contributed by atoms with Gasteiger partial charge < -0.3 is 9.47 Å². The van der Waals surface area contributed by atoms with Crippen LogP contribution in [0.15, 0.2) is 69.1 Å². The maximum Gasteiger partial charge on any atom is 0.253 e. The number of methoxy groups -OCH3 is 1. The minimum absolute atomic E-state index is 0.219. The summed E-state index contributed by atoms with van der Waals surface area (Å²) in [5.41, 5.74) is 4.14. The first-order valence-corrected chi connectivity index (χ1v) is 12.8. The van der Waals surface area contributed by atoms with E-state index >= 15 is 0 Å². The lowest BCUT2D eigenvalue weighted by Gasteiger charge is -2.14. The Balaban J connectivity index is 1.62. The van der Waals surface area contributed by atoms with Crippen LogP contribution in [-0.2, 0) is 11.4 Å². The molecule has 3 aromatic carbocycles. The normalized spacial score (nSPS) is 11.9. The number of nitrogens with zero attached hydrogens (tertiary/aromatic N) is 1. The number of halogens is 4. The molecule has 0 aromatic heterocycles. The largest absolute Gasteiger partial charge is 0.493 e. The molecule has 0 unspecified atom stereocenters. The van der Waals surface area contributed by atoms with E-state index in [1.165, 1.54) is 18.0 Å². The Bertz CT molecular complexity index is 1190. The summed E-state index contributed by atoms with van der Waals surface area (Å²) >= 11 is 22.9. The first-order chi connectivity index (χ1) is 16.3. The number of carbonyl (C=O) groups is 1. The van der Waals surface area contributed by atoms with Crippen molar-refractivity contribution in [2.45, 2.75) is 23.7 Å². The highest BCUT2D eigenvalue weighted by atomic mass is 79.9. The zero-order chi connectivity index (χ0) is 24.7. The molecule has 1 atom stereocenters. The highest BCUT2D eigenvalue weighted by Crippen LogP contribution is 2.37. The smallest absolute Gasteiger partial charge is 0.253 e. The minimum atomic E-state index is -0.336. The van der Waals surface area contributed by atoms with Crippen LogP contribution in [0.2, 0.25) is 15.1 Å². The van der Waals surface area contributed by atoms with Crippen LogP contribution < -0.4 is 14.9 Å². The van der Waals surface area contributed by atoms with Crippen LogP contribution in [0.3, 0.4) is 0 Å². The van der Waals surface area contributed by atoms with Gasteiger partial charge in [0.25, 0.3) is 5.91 Å². The maximum atomic E-state index is 12.4. The predicted octanol–water partition coefficient (Wildman–Crippen LogP) is 7.63. The number of hydrogen-bond donors (Lipinski definition) is 1. The van der Waals surface area contributed by atoms with E-state index in [2.05, 4.69) is 26.5 Å². The van der Waals surface area contributed by atoms with Crippen LogP contribution in [0.1, 0.15) is 18.1 Å². The number of hydrazone groups is 1. The van der Waals surface area contributed by atoms with Gasteiger partial charge in [-0.25, -0.2) is 5.43 Å². The summed E-state index contributed by atoms with van der Waals surface area (Å²) in [6.07, 6.45) is 1.54. The molecule has 0 aliphatic carbocycles. The fourth-order valence-corrected chi connectivity index (χ4v) is 4.65. The number of benzene rings is 3. The molecule has 0 fully saturated rings. The summed E-state index contributed by atoms with van der Waals surface area (Å²) in [7, 11) is 1.55. The number of hydrogen-bond acceptors (Lipinski definition) is 5. The van der Waals surface area contributed by atoms with Crippen LogP contribution in [0.25, 0.3) is 0 Å². The Morgan fingerprint density at radius 2 is 1.85 bits per heavy atom. The lowest BCUT2D eigenvalue weighted by atomic mass is 10.2. The highest BCUT2D eigenvalue weighted by molar-refractivity contribution is 9.10. The SMILES string of the molecule is COc1cc(/C=N\NC(=O)[C@@H](C)Sc2ccc(Cl)cc2)cc(Br)c1OCc1ccc(Cl)c(Cl)c1. The molecule has 0 saturated carbocycles. The van der Waals surface area contributed by atoms with Gasteiger partial charge >= 0.3 is 0 Å². The number of ether oxygens (including phenoxy) is 2. The zero-order valence-corrected chi connectivity index (χ0v) is 22.8. The number of thioether (sulfide) groups is 1. The number of nitrogens with one attached hydrogen (secondary N) is 1. The molecule has 3 aromatic rings. The van der Waals surface area contributed by atoms with Crippen LogP contribution in [0.4, 0.5) is 0 Å². The molecule has 5 nitrogen and oxygen atoms in total. The van der Waals surface area contributed by atoms with Crippen LogP contribution in [0.5, 0.6) is 11.5 Å². The van der Waals surface area contributed by atoms with Gasteiger partial charge in [0.15, 0.2) is 11.5 Å². The van der Waals surface area contributed by atoms with E-state index in [9.17, 15) is 4.79 Å². The van der Waals surface area contributed by atoms with Gasteiger partial charge in [0.2, 0.25) is 0 Å². The first-order valence-electron chi connectivity index (χ1n) is 9.96. The Hall–Kier alpha value is -1.90. The second-order valence-electron chi connectivity index (χ2n) is 7.02. The standard InChI is InChI=1S/C24H20BrCl3N2O3S/c1-14(34-18-6-4-17(26)5-7-18)24(31)30-29-12-16-9-19(25)23(22(11-16)32-2)33-13-15-3-8-20(27)21(28)10-15/h3-12,14H,13H2,1-2H3,(H,30,31)/b29-12-/t14-/m1/s1. The summed E-state index contributed by atoms with van der Waals surface area (Å²) in [6.45, 7) is 2.09. The molecular weight excluding hydrogens is 583 g/mol. The van der Waals surface area contributed by atoms with Crippen molar-refractivity contribution < 1.29 is 14.3 Å². The molecule has 0 spiro atoms. The van der Waals surface area contributed by atoms with Crippen molar-refractivity contribution >= 4 is 74.6 Å². The third-order valence-electron chi connectivity index (χ3n) is 4.50. The highest BCUT2D eigenvalue weighted by Gasteiger charge is 2.15. The Kier molecular flexibility index (Phi) is 9.97. The number of rotatable bonds is 9.